The van der Waals surface area contributed by atoms with Gasteiger partial charge in [-0.15, -0.1) is 0 Å². The third kappa shape index (κ3) is 3.87. The Bertz CT molecular complexity index is 915. The van der Waals surface area contributed by atoms with Crippen LogP contribution in [0.3, 0.4) is 0 Å². The Morgan fingerprint density at radius 3 is 2.80 bits per heavy atom. The van der Waals surface area contributed by atoms with Crippen molar-refractivity contribution in [3.05, 3.63) is 60.2 Å². The van der Waals surface area contributed by atoms with Crippen molar-refractivity contribution in [3.8, 4) is 0 Å². The maximum atomic E-state index is 11.0. The predicted molar refractivity (Wildman–Crippen MR) is 99.6 cm³/mol. The number of hydrogen-bond acceptors (Lipinski definition) is 4. The first kappa shape index (κ1) is 16.7. The normalized spacial score (nSPS) is 11.2. The number of nitrogens with zero attached hydrogens (tertiary/aromatic N) is 2. The Hall–Kier alpha value is -3.12. The number of hydrogen-bond donors (Lipinski definition) is 2. The molecule has 25 heavy (non-hydrogen) atoms. The van der Waals surface area contributed by atoms with Gasteiger partial charge < -0.3 is 20.4 Å². The van der Waals surface area contributed by atoms with E-state index in [0.717, 1.165) is 28.2 Å². The maximum absolute atomic E-state index is 11.0. The number of aromatic nitrogens is 2. The van der Waals surface area contributed by atoms with Gasteiger partial charge in [0.25, 0.3) is 0 Å². The summed E-state index contributed by atoms with van der Waals surface area (Å²) in [5, 5.41) is 3.36. The fraction of sp³-hybridized carbons (Fsp3) is 0.158. The SMILES string of the molecule is COCCn1c(Nc2ccccc2/C=C/C(N)=O)nc2ccccc21. The Morgan fingerprint density at radius 1 is 1.24 bits per heavy atom. The second-order valence-electron chi connectivity index (χ2n) is 5.52. The van der Waals surface area contributed by atoms with Crippen molar-refractivity contribution in [2.75, 3.05) is 19.0 Å². The van der Waals surface area contributed by atoms with Gasteiger partial charge in [0.15, 0.2) is 0 Å². The first-order valence-corrected chi connectivity index (χ1v) is 7.97. The van der Waals surface area contributed by atoms with E-state index in [9.17, 15) is 4.79 Å². The minimum atomic E-state index is -0.484. The standard InChI is InChI=1S/C19H20N4O2/c1-25-13-12-23-17-9-5-4-8-16(17)22-19(23)21-15-7-3-2-6-14(15)10-11-18(20)24/h2-11H,12-13H2,1H3,(H2,20,24)(H,21,22)/b11-10+. The number of fused-ring (bicyclic) bond motifs is 1. The van der Waals surface area contributed by atoms with Gasteiger partial charge in [0.2, 0.25) is 11.9 Å². The molecule has 6 heteroatoms. The average Bonchev–Trinajstić information content (AvgIpc) is 2.96. The summed E-state index contributed by atoms with van der Waals surface area (Å²) in [6.45, 7) is 1.26. The molecule has 0 radical (unpaired) electrons. The van der Waals surface area contributed by atoms with Crippen molar-refractivity contribution in [1.82, 2.24) is 9.55 Å². The van der Waals surface area contributed by atoms with Crippen LogP contribution in [0.4, 0.5) is 11.6 Å². The third-order valence-corrected chi connectivity index (χ3v) is 3.81. The molecule has 0 aliphatic heterocycles. The molecule has 1 amide bonds. The minimum Gasteiger partial charge on any atom is -0.383 e. The summed E-state index contributed by atoms with van der Waals surface area (Å²) in [5.41, 5.74) is 8.83. The van der Waals surface area contributed by atoms with E-state index in [2.05, 4.69) is 14.9 Å². The van der Waals surface area contributed by atoms with Crippen LogP contribution in [0.15, 0.2) is 54.6 Å². The quantitative estimate of drug-likeness (QED) is 0.650. The van der Waals surface area contributed by atoms with Gasteiger partial charge in [-0.1, -0.05) is 30.3 Å². The van der Waals surface area contributed by atoms with Gasteiger partial charge in [-0.05, 0) is 29.8 Å². The maximum Gasteiger partial charge on any atom is 0.241 e. The number of carbonyl (C=O) groups excluding carboxylic acids is 1. The number of rotatable bonds is 7. The average molecular weight is 336 g/mol. The van der Waals surface area contributed by atoms with E-state index < -0.39 is 5.91 Å². The number of nitrogens with one attached hydrogen (secondary N) is 1. The van der Waals surface area contributed by atoms with Crippen molar-refractivity contribution in [3.63, 3.8) is 0 Å². The van der Waals surface area contributed by atoms with Crippen LogP contribution in [0.25, 0.3) is 17.1 Å². The van der Waals surface area contributed by atoms with Gasteiger partial charge in [-0.3, -0.25) is 4.79 Å². The molecule has 0 bridgehead atoms. The van der Waals surface area contributed by atoms with E-state index in [-0.39, 0.29) is 0 Å². The van der Waals surface area contributed by atoms with E-state index in [1.54, 1.807) is 13.2 Å². The van der Waals surface area contributed by atoms with Crippen molar-refractivity contribution >= 4 is 34.7 Å². The first-order chi connectivity index (χ1) is 12.2. The molecular weight excluding hydrogens is 316 g/mol. The van der Waals surface area contributed by atoms with Crippen molar-refractivity contribution in [2.24, 2.45) is 5.73 Å². The fourth-order valence-corrected chi connectivity index (χ4v) is 2.63. The smallest absolute Gasteiger partial charge is 0.241 e. The van der Waals surface area contributed by atoms with Crippen LogP contribution in [-0.4, -0.2) is 29.2 Å². The van der Waals surface area contributed by atoms with Crippen LogP contribution >= 0.6 is 0 Å². The summed E-state index contributed by atoms with van der Waals surface area (Å²) in [5.74, 6) is 0.236. The van der Waals surface area contributed by atoms with Crippen molar-refractivity contribution < 1.29 is 9.53 Å². The van der Waals surface area contributed by atoms with Gasteiger partial charge in [-0.25, -0.2) is 4.98 Å². The molecule has 3 N–H and O–H groups in total. The lowest BCUT2D eigenvalue weighted by Gasteiger charge is -2.12. The molecule has 6 nitrogen and oxygen atoms in total. The number of nitrogens with two attached hydrogens (primary N) is 1. The molecular formula is C19H20N4O2. The van der Waals surface area contributed by atoms with Crippen LogP contribution < -0.4 is 11.1 Å². The monoisotopic (exact) mass is 336 g/mol. The molecule has 2 aromatic carbocycles. The second kappa shape index (κ2) is 7.63. The van der Waals surface area contributed by atoms with Gasteiger partial charge >= 0.3 is 0 Å². The zero-order valence-corrected chi connectivity index (χ0v) is 14.0. The zero-order valence-electron chi connectivity index (χ0n) is 14.0. The highest BCUT2D eigenvalue weighted by atomic mass is 16.5. The van der Waals surface area contributed by atoms with Crippen LogP contribution in [0.5, 0.6) is 0 Å². The lowest BCUT2D eigenvalue weighted by Crippen LogP contribution is -2.08. The van der Waals surface area contributed by atoms with Gasteiger partial charge in [-0.2, -0.15) is 0 Å². The Kier molecular flexibility index (Phi) is 5.11. The molecule has 0 saturated heterocycles. The molecule has 128 valence electrons. The molecule has 0 aliphatic carbocycles. The van der Waals surface area contributed by atoms with Crippen molar-refractivity contribution in [2.45, 2.75) is 6.54 Å². The molecule has 0 atom stereocenters. The number of imidazole rings is 1. The van der Waals surface area contributed by atoms with E-state index in [1.165, 1.54) is 6.08 Å². The highest BCUT2D eigenvalue weighted by Crippen LogP contribution is 2.25. The van der Waals surface area contributed by atoms with Gasteiger partial charge in [0.1, 0.15) is 0 Å². The topological polar surface area (TPSA) is 82.2 Å². The molecule has 0 fully saturated rings. The summed E-state index contributed by atoms with van der Waals surface area (Å²) in [7, 11) is 1.68. The summed E-state index contributed by atoms with van der Waals surface area (Å²) < 4.78 is 7.30. The van der Waals surface area contributed by atoms with Crippen LogP contribution in [0.1, 0.15) is 5.56 Å². The van der Waals surface area contributed by atoms with Gasteiger partial charge in [0.05, 0.1) is 17.6 Å². The third-order valence-electron chi connectivity index (χ3n) is 3.81. The fourth-order valence-electron chi connectivity index (χ4n) is 2.63. The number of carbonyl (C=O) groups is 1. The molecule has 1 heterocycles. The lowest BCUT2D eigenvalue weighted by molar-refractivity contribution is -0.113. The van der Waals surface area contributed by atoms with E-state index in [0.29, 0.717) is 13.2 Å². The number of anilines is 2. The molecule has 0 saturated carbocycles. The molecule has 1 aromatic heterocycles. The number of primary amides is 1. The number of ether oxygens (including phenoxy) is 1. The Labute approximate surface area is 145 Å². The zero-order chi connectivity index (χ0) is 17.6. The largest absolute Gasteiger partial charge is 0.383 e. The summed E-state index contributed by atoms with van der Waals surface area (Å²) in [6.07, 6.45) is 3.03. The Balaban J connectivity index is 1.99. The highest BCUT2D eigenvalue weighted by molar-refractivity contribution is 5.91. The Morgan fingerprint density at radius 2 is 2.00 bits per heavy atom. The van der Waals surface area contributed by atoms with Crippen molar-refractivity contribution in [1.29, 1.82) is 0 Å². The van der Waals surface area contributed by atoms with E-state index in [4.69, 9.17) is 10.5 Å². The number of amides is 1. The number of benzene rings is 2. The summed E-state index contributed by atoms with van der Waals surface area (Å²) >= 11 is 0. The number of methoxy groups -OCH3 is 1. The van der Waals surface area contributed by atoms with Crippen LogP contribution in [0, 0.1) is 0 Å². The molecule has 0 spiro atoms. The summed E-state index contributed by atoms with van der Waals surface area (Å²) in [6, 6.07) is 15.6. The van der Waals surface area contributed by atoms with E-state index >= 15 is 0 Å². The van der Waals surface area contributed by atoms with Crippen LogP contribution in [-0.2, 0) is 16.1 Å². The molecule has 0 unspecified atom stereocenters. The highest BCUT2D eigenvalue weighted by Gasteiger charge is 2.11. The number of para-hydroxylation sites is 3. The summed E-state index contributed by atoms with van der Waals surface area (Å²) in [4.78, 5) is 15.7. The second-order valence-corrected chi connectivity index (χ2v) is 5.52. The predicted octanol–water partition coefficient (Wildman–Crippen LogP) is 2.92. The first-order valence-electron chi connectivity index (χ1n) is 7.97. The lowest BCUT2D eigenvalue weighted by atomic mass is 10.1. The molecule has 0 aliphatic rings. The molecule has 3 aromatic rings. The minimum absolute atomic E-state index is 0.484. The van der Waals surface area contributed by atoms with Crippen LogP contribution in [0.2, 0.25) is 0 Å². The van der Waals surface area contributed by atoms with Gasteiger partial charge in [0, 0.05) is 25.4 Å². The molecule has 3 rings (SSSR count). The van der Waals surface area contributed by atoms with E-state index in [1.807, 2.05) is 48.5 Å².